The summed E-state index contributed by atoms with van der Waals surface area (Å²) in [4.78, 5) is 1.11. The molecule has 0 aliphatic heterocycles. The lowest BCUT2D eigenvalue weighted by molar-refractivity contribution is 0.586. The predicted molar refractivity (Wildman–Crippen MR) is 77.2 cm³/mol. The van der Waals surface area contributed by atoms with Gasteiger partial charge < -0.3 is 5.32 Å². The molecule has 2 aromatic rings. The Hall–Kier alpha value is -0.970. The second-order valence-electron chi connectivity index (χ2n) is 3.96. The minimum Gasteiger partial charge on any atom is -0.311 e. The second kappa shape index (κ2) is 6.27. The molecule has 1 unspecified atom stereocenters. The van der Waals surface area contributed by atoms with Gasteiger partial charge in [0.05, 0.1) is 16.8 Å². The molecule has 3 nitrogen and oxygen atoms in total. The first-order valence-corrected chi connectivity index (χ1v) is 7.11. The summed E-state index contributed by atoms with van der Waals surface area (Å²) < 4.78 is 1.90. The SMILES string of the molecule is CNC(CSc1ccccc1Cl)c1ccnn1C. The fourth-order valence-electron chi connectivity index (χ4n) is 1.78. The number of nitrogens with zero attached hydrogens (tertiary/aromatic N) is 2. The van der Waals surface area contributed by atoms with Crippen LogP contribution in [0.4, 0.5) is 0 Å². The number of nitrogens with one attached hydrogen (secondary N) is 1. The van der Waals surface area contributed by atoms with Gasteiger partial charge in [0.2, 0.25) is 0 Å². The zero-order valence-corrected chi connectivity index (χ0v) is 12.0. The molecule has 1 heterocycles. The second-order valence-corrected chi connectivity index (χ2v) is 5.43. The maximum absolute atomic E-state index is 6.15. The van der Waals surface area contributed by atoms with Crippen molar-refractivity contribution in [3.05, 3.63) is 47.2 Å². The number of rotatable bonds is 5. The average molecular weight is 282 g/mol. The number of hydrogen-bond acceptors (Lipinski definition) is 3. The van der Waals surface area contributed by atoms with Crippen molar-refractivity contribution >= 4 is 23.4 Å². The van der Waals surface area contributed by atoms with Gasteiger partial charge in [-0.25, -0.2) is 0 Å². The number of halogens is 1. The van der Waals surface area contributed by atoms with Crippen molar-refractivity contribution in [3.63, 3.8) is 0 Å². The Balaban J connectivity index is 2.05. The van der Waals surface area contributed by atoms with E-state index in [9.17, 15) is 0 Å². The molecule has 1 aromatic heterocycles. The predicted octanol–water partition coefficient (Wildman–Crippen LogP) is 3.13. The molecule has 96 valence electrons. The highest BCUT2D eigenvalue weighted by Gasteiger charge is 2.13. The smallest absolute Gasteiger partial charge is 0.0584 e. The third-order valence-corrected chi connectivity index (χ3v) is 4.42. The summed E-state index contributed by atoms with van der Waals surface area (Å²) >= 11 is 7.90. The van der Waals surface area contributed by atoms with Gasteiger partial charge in [0.1, 0.15) is 0 Å². The van der Waals surface area contributed by atoms with Gasteiger partial charge in [-0.2, -0.15) is 5.10 Å². The Morgan fingerprint density at radius 2 is 2.17 bits per heavy atom. The van der Waals surface area contributed by atoms with Crippen molar-refractivity contribution in [2.75, 3.05) is 12.8 Å². The molecule has 0 radical (unpaired) electrons. The molecule has 0 bridgehead atoms. The molecule has 18 heavy (non-hydrogen) atoms. The number of aromatic nitrogens is 2. The van der Waals surface area contributed by atoms with Crippen LogP contribution < -0.4 is 5.32 Å². The first kappa shape index (κ1) is 13.5. The van der Waals surface area contributed by atoms with Gasteiger partial charge in [-0.15, -0.1) is 11.8 Å². The Morgan fingerprint density at radius 3 is 2.78 bits per heavy atom. The van der Waals surface area contributed by atoms with Crippen LogP contribution in [0.2, 0.25) is 5.02 Å². The van der Waals surface area contributed by atoms with Gasteiger partial charge in [-0.3, -0.25) is 4.68 Å². The summed E-state index contributed by atoms with van der Waals surface area (Å²) in [5, 5.41) is 8.32. The number of aryl methyl sites for hydroxylation is 1. The van der Waals surface area contributed by atoms with Gasteiger partial charge in [0.25, 0.3) is 0 Å². The Bertz CT molecular complexity index is 512. The van der Waals surface area contributed by atoms with Crippen LogP contribution in [0.15, 0.2) is 41.4 Å². The molecule has 5 heteroatoms. The van der Waals surface area contributed by atoms with E-state index in [1.807, 2.05) is 55.3 Å². The molecular weight excluding hydrogens is 266 g/mol. The number of thioether (sulfide) groups is 1. The largest absolute Gasteiger partial charge is 0.311 e. The highest BCUT2D eigenvalue weighted by Crippen LogP contribution is 2.29. The highest BCUT2D eigenvalue weighted by atomic mass is 35.5. The van der Waals surface area contributed by atoms with E-state index in [1.165, 1.54) is 5.69 Å². The van der Waals surface area contributed by atoms with Gasteiger partial charge in [-0.1, -0.05) is 23.7 Å². The molecule has 1 atom stereocenters. The molecule has 1 N–H and O–H groups in total. The van der Waals surface area contributed by atoms with Crippen LogP contribution in [-0.2, 0) is 7.05 Å². The van der Waals surface area contributed by atoms with Crippen molar-refractivity contribution < 1.29 is 0 Å². The van der Waals surface area contributed by atoms with Crippen LogP contribution in [0.25, 0.3) is 0 Å². The molecular formula is C13H16ClN3S. The maximum atomic E-state index is 6.15. The van der Waals surface area contributed by atoms with Crippen LogP contribution in [0.5, 0.6) is 0 Å². The summed E-state index contributed by atoms with van der Waals surface area (Å²) in [5.41, 5.74) is 1.18. The van der Waals surface area contributed by atoms with E-state index >= 15 is 0 Å². The van der Waals surface area contributed by atoms with E-state index in [2.05, 4.69) is 10.4 Å². The van der Waals surface area contributed by atoms with Crippen LogP contribution in [-0.4, -0.2) is 22.6 Å². The van der Waals surface area contributed by atoms with Crippen LogP contribution >= 0.6 is 23.4 Å². The van der Waals surface area contributed by atoms with Crippen molar-refractivity contribution in [2.45, 2.75) is 10.9 Å². The number of benzene rings is 1. The zero-order chi connectivity index (χ0) is 13.0. The monoisotopic (exact) mass is 281 g/mol. The first-order valence-electron chi connectivity index (χ1n) is 5.75. The average Bonchev–Trinajstić information content (AvgIpc) is 2.79. The normalized spacial score (nSPS) is 12.6. The Labute approximate surface area is 117 Å². The fraction of sp³-hybridized carbons (Fsp3) is 0.308. The standard InChI is InChI=1S/C13H16ClN3S/c1-15-11(12-7-8-16-17(12)2)9-18-13-6-4-3-5-10(13)14/h3-8,11,15H,9H2,1-2H3. The molecule has 2 rings (SSSR count). The van der Waals surface area contributed by atoms with Crippen LogP contribution in [0.1, 0.15) is 11.7 Å². The van der Waals surface area contributed by atoms with Gasteiger partial charge >= 0.3 is 0 Å². The molecule has 0 saturated carbocycles. The van der Waals surface area contributed by atoms with Crippen molar-refractivity contribution in [2.24, 2.45) is 7.05 Å². The Kier molecular flexibility index (Phi) is 4.69. The Morgan fingerprint density at radius 1 is 1.39 bits per heavy atom. The van der Waals surface area contributed by atoms with Crippen LogP contribution in [0, 0.1) is 0 Å². The van der Waals surface area contributed by atoms with Crippen LogP contribution in [0.3, 0.4) is 0 Å². The lowest BCUT2D eigenvalue weighted by Crippen LogP contribution is -2.21. The summed E-state index contributed by atoms with van der Waals surface area (Å²) in [5.74, 6) is 0.916. The fourth-order valence-corrected chi connectivity index (χ4v) is 3.14. The summed E-state index contributed by atoms with van der Waals surface area (Å²) in [6, 6.07) is 10.2. The first-order chi connectivity index (χ1) is 8.72. The number of hydrogen-bond donors (Lipinski definition) is 1. The molecule has 0 amide bonds. The molecule has 0 aliphatic carbocycles. The van der Waals surface area contributed by atoms with Gasteiger partial charge in [0.15, 0.2) is 0 Å². The topological polar surface area (TPSA) is 29.9 Å². The van der Waals surface area contributed by atoms with E-state index < -0.39 is 0 Å². The lowest BCUT2D eigenvalue weighted by Gasteiger charge is -2.16. The van der Waals surface area contributed by atoms with Gasteiger partial charge in [-0.05, 0) is 25.2 Å². The zero-order valence-electron chi connectivity index (χ0n) is 10.4. The van der Waals surface area contributed by atoms with Crippen molar-refractivity contribution in [1.29, 1.82) is 0 Å². The third-order valence-electron chi connectivity index (χ3n) is 2.81. The van der Waals surface area contributed by atoms with E-state index in [-0.39, 0.29) is 6.04 Å². The molecule has 1 aromatic carbocycles. The maximum Gasteiger partial charge on any atom is 0.0584 e. The summed E-state index contributed by atoms with van der Waals surface area (Å²) in [7, 11) is 3.92. The highest BCUT2D eigenvalue weighted by molar-refractivity contribution is 7.99. The quantitative estimate of drug-likeness (QED) is 0.854. The summed E-state index contributed by atoms with van der Waals surface area (Å²) in [6.07, 6.45) is 1.82. The minimum atomic E-state index is 0.263. The van der Waals surface area contributed by atoms with E-state index in [0.29, 0.717) is 0 Å². The third kappa shape index (κ3) is 3.07. The minimum absolute atomic E-state index is 0.263. The molecule has 0 saturated heterocycles. The van der Waals surface area contributed by atoms with E-state index in [1.54, 1.807) is 11.8 Å². The van der Waals surface area contributed by atoms with E-state index in [0.717, 1.165) is 15.7 Å². The van der Waals surface area contributed by atoms with Gasteiger partial charge in [0, 0.05) is 23.9 Å². The van der Waals surface area contributed by atoms with Crippen molar-refractivity contribution in [3.8, 4) is 0 Å². The summed E-state index contributed by atoms with van der Waals surface area (Å²) in [6.45, 7) is 0. The molecule has 0 aliphatic rings. The molecule has 0 fully saturated rings. The lowest BCUT2D eigenvalue weighted by atomic mass is 10.2. The van der Waals surface area contributed by atoms with Crippen molar-refractivity contribution in [1.82, 2.24) is 15.1 Å². The molecule has 0 spiro atoms. The van der Waals surface area contributed by atoms with E-state index in [4.69, 9.17) is 11.6 Å².